The Kier molecular flexibility index (Phi) is 9.04. The second-order valence-electron chi connectivity index (χ2n) is 8.71. The summed E-state index contributed by atoms with van der Waals surface area (Å²) < 4.78 is 27.6. The molecule has 2 aromatic carbocycles. The van der Waals surface area contributed by atoms with Gasteiger partial charge in [0, 0.05) is 26.7 Å². The van der Waals surface area contributed by atoms with E-state index in [9.17, 15) is 13.2 Å². The molecule has 1 amide bonds. The van der Waals surface area contributed by atoms with Gasteiger partial charge >= 0.3 is 0 Å². The molecule has 0 bridgehead atoms. The fourth-order valence-electron chi connectivity index (χ4n) is 4.00. The van der Waals surface area contributed by atoms with Gasteiger partial charge in [0.1, 0.15) is 4.90 Å². The normalized spacial score (nSPS) is 15.6. The Morgan fingerprint density at radius 2 is 1.76 bits per heavy atom. The number of piperidine rings is 1. The first-order valence-corrected chi connectivity index (χ1v) is 13.4. The number of rotatable bonds is 8. The lowest BCUT2D eigenvalue weighted by Gasteiger charge is -2.29. The number of likely N-dealkylation sites (N-methyl/N-ethyl adjacent to an activating group) is 1. The Morgan fingerprint density at radius 1 is 1.09 bits per heavy atom. The first kappa shape index (κ1) is 26.5. The monoisotopic (exact) mass is 523 g/mol. The summed E-state index contributed by atoms with van der Waals surface area (Å²) in [5.41, 5.74) is 1.03. The molecule has 2 aromatic rings. The van der Waals surface area contributed by atoms with Gasteiger partial charge in [-0.2, -0.15) is 0 Å². The molecule has 3 rings (SSSR count). The van der Waals surface area contributed by atoms with Gasteiger partial charge in [-0.15, -0.1) is 0 Å². The molecule has 1 heterocycles. The Bertz CT molecular complexity index is 1150. The summed E-state index contributed by atoms with van der Waals surface area (Å²) in [5.74, 6) is 0.527. The van der Waals surface area contributed by atoms with Gasteiger partial charge < -0.3 is 9.80 Å². The highest BCUT2D eigenvalue weighted by atomic mass is 35.5. The number of halogens is 2. The summed E-state index contributed by atoms with van der Waals surface area (Å²) in [6.45, 7) is 2.91. The van der Waals surface area contributed by atoms with E-state index in [0.717, 1.165) is 23.8 Å². The van der Waals surface area contributed by atoms with Gasteiger partial charge in [0.25, 0.3) is 10.0 Å². The van der Waals surface area contributed by atoms with Crippen LogP contribution in [0.3, 0.4) is 0 Å². The first-order valence-electron chi connectivity index (χ1n) is 11.2. The number of likely N-dealkylation sites (tertiary alicyclic amines) is 1. The van der Waals surface area contributed by atoms with Crippen molar-refractivity contribution in [3.63, 3.8) is 0 Å². The summed E-state index contributed by atoms with van der Waals surface area (Å²) in [6, 6.07) is 11.5. The maximum Gasteiger partial charge on any atom is 0.265 e. The van der Waals surface area contributed by atoms with Crippen LogP contribution in [0.1, 0.15) is 24.8 Å². The molecule has 0 spiro atoms. The average Bonchev–Trinajstić information content (AvgIpc) is 2.83. The molecule has 0 aliphatic carbocycles. The van der Waals surface area contributed by atoms with Crippen molar-refractivity contribution in [2.75, 3.05) is 45.1 Å². The van der Waals surface area contributed by atoms with E-state index in [0.29, 0.717) is 23.7 Å². The van der Waals surface area contributed by atoms with Crippen molar-refractivity contribution in [3.8, 4) is 0 Å². The second-order valence-corrected chi connectivity index (χ2v) is 11.4. The summed E-state index contributed by atoms with van der Waals surface area (Å²) in [4.78, 5) is 16.7. The first-order chi connectivity index (χ1) is 16.1. The van der Waals surface area contributed by atoms with Crippen molar-refractivity contribution in [2.45, 2.75) is 24.2 Å². The van der Waals surface area contributed by atoms with Gasteiger partial charge in [-0.3, -0.25) is 9.10 Å². The van der Waals surface area contributed by atoms with Crippen molar-refractivity contribution < 1.29 is 13.2 Å². The number of benzene rings is 2. The molecule has 0 unspecified atom stereocenters. The van der Waals surface area contributed by atoms with E-state index in [2.05, 4.69) is 11.9 Å². The number of nitrogens with zero attached hydrogens (tertiary/aromatic N) is 3. The van der Waals surface area contributed by atoms with Crippen LogP contribution in [0.2, 0.25) is 10.0 Å². The number of hydrogen-bond acceptors (Lipinski definition) is 4. The summed E-state index contributed by atoms with van der Waals surface area (Å²) >= 11 is 12.2. The van der Waals surface area contributed by atoms with E-state index >= 15 is 0 Å². The van der Waals surface area contributed by atoms with E-state index in [1.165, 1.54) is 38.1 Å². The third-order valence-corrected chi connectivity index (χ3v) is 9.07. The van der Waals surface area contributed by atoms with Gasteiger partial charge in [-0.25, -0.2) is 8.42 Å². The third kappa shape index (κ3) is 6.33. The Labute approximate surface area is 212 Å². The molecular formula is C25H31Cl2N3O3S. The molecule has 0 saturated carbocycles. The number of hydrogen-bond donors (Lipinski definition) is 0. The SMILES string of the molecule is CN1CCC(CCN(C)C(=O)/C=C/c2ccccc2N(C)S(=O)(=O)c2cccc(Cl)c2Cl)CC1. The Balaban J connectivity index is 1.72. The van der Waals surface area contributed by atoms with Crippen LogP contribution in [0, 0.1) is 5.92 Å². The van der Waals surface area contributed by atoms with Crippen molar-refractivity contribution in [3.05, 3.63) is 64.1 Å². The fraction of sp³-hybridized carbons (Fsp3) is 0.400. The molecular weight excluding hydrogens is 493 g/mol. The van der Waals surface area contributed by atoms with Crippen LogP contribution in [0.25, 0.3) is 6.08 Å². The molecule has 34 heavy (non-hydrogen) atoms. The number of para-hydroxylation sites is 1. The van der Waals surface area contributed by atoms with Crippen LogP contribution in [-0.2, 0) is 14.8 Å². The number of carbonyl (C=O) groups is 1. The van der Waals surface area contributed by atoms with E-state index in [1.807, 2.05) is 0 Å². The minimum Gasteiger partial charge on any atom is -0.342 e. The zero-order valence-electron chi connectivity index (χ0n) is 19.7. The fourth-order valence-corrected chi connectivity index (χ4v) is 5.96. The minimum atomic E-state index is -3.96. The molecule has 184 valence electrons. The largest absolute Gasteiger partial charge is 0.342 e. The molecule has 1 aliphatic heterocycles. The number of anilines is 1. The average molecular weight is 525 g/mol. The molecule has 0 radical (unpaired) electrons. The van der Waals surface area contributed by atoms with Crippen LogP contribution < -0.4 is 4.31 Å². The molecule has 0 atom stereocenters. The smallest absolute Gasteiger partial charge is 0.265 e. The Hall–Kier alpha value is -2.06. The minimum absolute atomic E-state index is 0.0227. The van der Waals surface area contributed by atoms with Crippen LogP contribution >= 0.6 is 23.2 Å². The molecule has 6 nitrogen and oxygen atoms in total. The van der Waals surface area contributed by atoms with Gasteiger partial charge in [-0.1, -0.05) is 47.5 Å². The highest BCUT2D eigenvalue weighted by molar-refractivity contribution is 7.93. The van der Waals surface area contributed by atoms with Crippen molar-refractivity contribution in [2.24, 2.45) is 5.92 Å². The lowest BCUT2D eigenvalue weighted by Crippen LogP contribution is -2.33. The van der Waals surface area contributed by atoms with E-state index in [-0.39, 0.29) is 20.8 Å². The van der Waals surface area contributed by atoms with Crippen LogP contribution in [0.15, 0.2) is 53.4 Å². The lowest BCUT2D eigenvalue weighted by molar-refractivity contribution is -0.124. The highest BCUT2D eigenvalue weighted by Crippen LogP contribution is 2.33. The summed E-state index contributed by atoms with van der Waals surface area (Å²) in [6.07, 6.45) is 6.45. The zero-order valence-corrected chi connectivity index (χ0v) is 22.1. The third-order valence-electron chi connectivity index (χ3n) is 6.32. The summed E-state index contributed by atoms with van der Waals surface area (Å²) in [5, 5.41) is 0.142. The van der Waals surface area contributed by atoms with Crippen molar-refractivity contribution in [1.29, 1.82) is 0 Å². The molecule has 0 aromatic heterocycles. The number of sulfonamides is 1. The molecule has 1 saturated heterocycles. The molecule has 1 aliphatic rings. The maximum absolute atomic E-state index is 13.2. The maximum atomic E-state index is 13.2. The molecule has 1 fully saturated rings. The lowest BCUT2D eigenvalue weighted by atomic mass is 9.94. The van der Waals surface area contributed by atoms with Gasteiger partial charge in [0.15, 0.2) is 0 Å². The number of carbonyl (C=O) groups excluding carboxylic acids is 1. The number of amides is 1. The van der Waals surface area contributed by atoms with E-state index in [4.69, 9.17) is 23.2 Å². The predicted molar refractivity (Wildman–Crippen MR) is 140 cm³/mol. The standard InChI is InChI=1S/C25H31Cl2N3O3S/c1-28-16-13-19(14-17-28)15-18-29(2)24(31)12-11-20-7-4-5-9-22(20)30(3)34(32,33)23-10-6-8-21(26)25(23)27/h4-12,19H,13-18H2,1-3H3/b12-11+. The van der Waals surface area contributed by atoms with Crippen LogP contribution in [0.4, 0.5) is 5.69 Å². The molecule has 0 N–H and O–H groups in total. The van der Waals surface area contributed by atoms with Crippen molar-refractivity contribution in [1.82, 2.24) is 9.80 Å². The van der Waals surface area contributed by atoms with Gasteiger partial charge in [0.05, 0.1) is 15.7 Å². The van der Waals surface area contributed by atoms with Crippen LogP contribution in [0.5, 0.6) is 0 Å². The zero-order chi connectivity index (χ0) is 24.9. The van der Waals surface area contributed by atoms with Crippen LogP contribution in [-0.4, -0.2) is 64.9 Å². The van der Waals surface area contributed by atoms with Gasteiger partial charge in [-0.05, 0) is 75.2 Å². The summed E-state index contributed by atoms with van der Waals surface area (Å²) in [7, 11) is 1.43. The van der Waals surface area contributed by atoms with Crippen molar-refractivity contribution >= 4 is 50.9 Å². The van der Waals surface area contributed by atoms with Gasteiger partial charge in [0.2, 0.25) is 5.91 Å². The highest BCUT2D eigenvalue weighted by Gasteiger charge is 2.26. The van der Waals surface area contributed by atoms with E-state index in [1.54, 1.807) is 48.4 Å². The second kappa shape index (κ2) is 11.6. The predicted octanol–water partition coefficient (Wildman–Crippen LogP) is 5.02. The topological polar surface area (TPSA) is 60.9 Å². The molecule has 9 heteroatoms. The Morgan fingerprint density at radius 3 is 2.47 bits per heavy atom. The van der Waals surface area contributed by atoms with E-state index < -0.39 is 10.0 Å². The quantitative estimate of drug-likeness (QED) is 0.455.